The van der Waals surface area contributed by atoms with E-state index in [1.165, 1.54) is 0 Å². The molecule has 29 heavy (non-hydrogen) atoms. The second-order valence-corrected chi connectivity index (χ2v) is 10.2. The van der Waals surface area contributed by atoms with Crippen LogP contribution >= 0.6 is 19.4 Å². The lowest BCUT2D eigenvalue weighted by atomic mass is 9.84. The average Bonchev–Trinajstić information content (AvgIpc) is 2.77. The van der Waals surface area contributed by atoms with Gasteiger partial charge < -0.3 is 9.05 Å². The van der Waals surface area contributed by atoms with Gasteiger partial charge in [0.25, 0.3) is 0 Å². The highest BCUT2D eigenvalue weighted by Gasteiger charge is 2.40. The van der Waals surface area contributed by atoms with E-state index in [0.717, 1.165) is 16.7 Å². The van der Waals surface area contributed by atoms with Gasteiger partial charge in [-0.25, -0.2) is 0 Å². The largest absolute Gasteiger partial charge is 0.340 e. The first kappa shape index (κ1) is 21.9. The SMILES string of the molecule is CCOP(=O)(CSC(c1ccccc1)(c1ccccc1)c1ccccc1)OCC. The predicted molar refractivity (Wildman–Crippen MR) is 123 cm³/mol. The minimum Gasteiger partial charge on any atom is -0.308 e. The Kier molecular flexibility index (Phi) is 7.74. The first-order valence-corrected chi connectivity index (χ1v) is 12.5. The number of thioether (sulfide) groups is 1. The molecule has 0 heterocycles. The van der Waals surface area contributed by atoms with E-state index >= 15 is 0 Å². The van der Waals surface area contributed by atoms with Crippen molar-refractivity contribution in [2.45, 2.75) is 18.6 Å². The maximum atomic E-state index is 13.3. The molecule has 0 atom stereocenters. The van der Waals surface area contributed by atoms with Gasteiger partial charge in [-0.15, -0.1) is 11.8 Å². The Labute approximate surface area is 178 Å². The van der Waals surface area contributed by atoms with Crippen LogP contribution in [-0.2, 0) is 18.4 Å². The third kappa shape index (κ3) is 5.02. The fraction of sp³-hybridized carbons (Fsp3) is 0.250. The van der Waals surface area contributed by atoms with Gasteiger partial charge in [0.2, 0.25) is 0 Å². The molecule has 0 aliphatic heterocycles. The van der Waals surface area contributed by atoms with Crippen LogP contribution in [0.2, 0.25) is 0 Å². The van der Waals surface area contributed by atoms with E-state index in [1.807, 2.05) is 68.4 Å². The van der Waals surface area contributed by atoms with Crippen molar-refractivity contribution in [3.63, 3.8) is 0 Å². The molecule has 0 spiro atoms. The Morgan fingerprint density at radius 2 is 1.03 bits per heavy atom. The van der Waals surface area contributed by atoms with Crippen molar-refractivity contribution in [3.05, 3.63) is 108 Å². The molecule has 3 nitrogen and oxygen atoms in total. The fourth-order valence-electron chi connectivity index (χ4n) is 3.45. The smallest absolute Gasteiger partial charge is 0.308 e. The molecule has 0 radical (unpaired) electrons. The summed E-state index contributed by atoms with van der Waals surface area (Å²) in [6, 6.07) is 31.0. The topological polar surface area (TPSA) is 35.5 Å². The van der Waals surface area contributed by atoms with Gasteiger partial charge in [0.1, 0.15) is 0 Å². The van der Waals surface area contributed by atoms with Crippen molar-refractivity contribution in [2.75, 3.05) is 18.7 Å². The summed E-state index contributed by atoms with van der Waals surface area (Å²) in [5, 5.41) is 0. The second-order valence-electron chi connectivity index (χ2n) is 6.50. The van der Waals surface area contributed by atoms with E-state index in [0.29, 0.717) is 13.2 Å². The molecule has 3 rings (SSSR count). The monoisotopic (exact) mass is 426 g/mol. The van der Waals surface area contributed by atoms with Gasteiger partial charge in [0.05, 0.1) is 23.5 Å². The maximum Gasteiger partial charge on any atom is 0.340 e. The molecule has 5 heteroatoms. The molecule has 0 fully saturated rings. The van der Waals surface area contributed by atoms with Gasteiger partial charge in [0.15, 0.2) is 0 Å². The van der Waals surface area contributed by atoms with Gasteiger partial charge in [-0.1, -0.05) is 91.0 Å². The fourth-order valence-corrected chi connectivity index (χ4v) is 7.22. The lowest BCUT2D eigenvalue weighted by Crippen LogP contribution is -2.26. The zero-order chi connectivity index (χ0) is 20.6. The number of hydrogen-bond donors (Lipinski definition) is 0. The van der Waals surface area contributed by atoms with E-state index in [2.05, 4.69) is 36.4 Å². The minimum absolute atomic E-state index is 0.257. The van der Waals surface area contributed by atoms with Crippen LogP contribution in [-0.4, -0.2) is 18.7 Å². The minimum atomic E-state index is -3.21. The molecular weight excluding hydrogens is 399 g/mol. The summed E-state index contributed by atoms with van der Waals surface area (Å²) in [6.45, 7) is 4.39. The molecule has 0 N–H and O–H groups in total. The van der Waals surface area contributed by atoms with E-state index in [9.17, 15) is 4.57 Å². The van der Waals surface area contributed by atoms with Crippen LogP contribution in [0.1, 0.15) is 30.5 Å². The summed E-state index contributed by atoms with van der Waals surface area (Å²) in [5.74, 6) is 0. The normalized spacial score (nSPS) is 12.1. The van der Waals surface area contributed by atoms with Crippen molar-refractivity contribution in [2.24, 2.45) is 0 Å². The summed E-state index contributed by atoms with van der Waals surface area (Å²) >= 11 is 1.60. The van der Waals surface area contributed by atoms with E-state index in [-0.39, 0.29) is 5.49 Å². The van der Waals surface area contributed by atoms with Crippen molar-refractivity contribution in [1.29, 1.82) is 0 Å². The van der Waals surface area contributed by atoms with Gasteiger partial charge in [-0.2, -0.15) is 0 Å². The van der Waals surface area contributed by atoms with Gasteiger partial charge in [0, 0.05) is 0 Å². The summed E-state index contributed by atoms with van der Waals surface area (Å²) < 4.78 is 23.9. The Balaban J connectivity index is 2.16. The van der Waals surface area contributed by atoms with Crippen LogP contribution in [0.4, 0.5) is 0 Å². The summed E-state index contributed by atoms with van der Waals surface area (Å²) in [7, 11) is -3.21. The first-order chi connectivity index (χ1) is 14.1. The average molecular weight is 427 g/mol. The van der Waals surface area contributed by atoms with E-state index < -0.39 is 12.3 Å². The summed E-state index contributed by atoms with van der Waals surface area (Å²) in [6.07, 6.45) is 0. The van der Waals surface area contributed by atoms with Crippen LogP contribution in [0.15, 0.2) is 91.0 Å². The summed E-state index contributed by atoms with van der Waals surface area (Å²) in [5.41, 5.74) is 3.64. The molecule has 0 amide bonds. The first-order valence-electron chi connectivity index (χ1n) is 9.83. The number of hydrogen-bond acceptors (Lipinski definition) is 4. The van der Waals surface area contributed by atoms with Gasteiger partial charge >= 0.3 is 7.60 Å². The Bertz CT molecular complexity index is 810. The van der Waals surface area contributed by atoms with Crippen LogP contribution in [0.3, 0.4) is 0 Å². The van der Waals surface area contributed by atoms with Crippen molar-refractivity contribution in [1.82, 2.24) is 0 Å². The molecule has 0 aromatic heterocycles. The Morgan fingerprint density at radius 1 is 0.690 bits per heavy atom. The highest BCUT2D eigenvalue weighted by molar-refractivity contribution is 8.05. The maximum absolute atomic E-state index is 13.3. The zero-order valence-corrected chi connectivity index (χ0v) is 18.6. The van der Waals surface area contributed by atoms with Gasteiger partial charge in [-0.05, 0) is 30.5 Å². The van der Waals surface area contributed by atoms with Gasteiger partial charge in [-0.3, -0.25) is 4.57 Å². The lowest BCUT2D eigenvalue weighted by molar-refractivity contribution is 0.224. The Morgan fingerprint density at radius 3 is 1.34 bits per heavy atom. The summed E-state index contributed by atoms with van der Waals surface area (Å²) in [4.78, 5) is 0. The Hall–Kier alpha value is -1.84. The molecule has 0 bridgehead atoms. The molecule has 0 saturated carbocycles. The van der Waals surface area contributed by atoms with Crippen molar-refractivity contribution >= 4 is 19.4 Å². The molecular formula is C24H27O3PS. The van der Waals surface area contributed by atoms with E-state index in [1.54, 1.807) is 11.8 Å². The molecule has 0 aliphatic rings. The lowest BCUT2D eigenvalue weighted by Gasteiger charge is -2.36. The molecule has 0 unspecified atom stereocenters. The highest BCUT2D eigenvalue weighted by atomic mass is 32.2. The van der Waals surface area contributed by atoms with Crippen LogP contribution in [0, 0.1) is 0 Å². The standard InChI is InChI=1S/C24H27O3PS/c1-3-26-28(25,27-4-2)20-29-24(21-14-8-5-9-15-21,22-16-10-6-11-17-22)23-18-12-7-13-19-23/h5-19H,3-4,20H2,1-2H3. The van der Waals surface area contributed by atoms with Crippen molar-refractivity contribution in [3.8, 4) is 0 Å². The zero-order valence-electron chi connectivity index (χ0n) is 16.9. The number of rotatable bonds is 10. The quantitative estimate of drug-likeness (QED) is 0.260. The highest BCUT2D eigenvalue weighted by Crippen LogP contribution is 2.58. The van der Waals surface area contributed by atoms with E-state index in [4.69, 9.17) is 9.05 Å². The van der Waals surface area contributed by atoms with Crippen LogP contribution in [0.5, 0.6) is 0 Å². The predicted octanol–water partition coefficient (Wildman–Crippen LogP) is 6.94. The molecule has 3 aromatic rings. The third-order valence-corrected chi connectivity index (χ3v) is 8.86. The molecule has 0 aliphatic carbocycles. The molecule has 0 saturated heterocycles. The molecule has 3 aromatic carbocycles. The van der Waals surface area contributed by atoms with Crippen LogP contribution in [0.25, 0.3) is 0 Å². The van der Waals surface area contributed by atoms with Crippen molar-refractivity contribution < 1.29 is 13.6 Å². The number of benzene rings is 3. The van der Waals surface area contributed by atoms with Crippen LogP contribution < -0.4 is 0 Å². The second kappa shape index (κ2) is 10.3. The third-order valence-electron chi connectivity index (χ3n) is 4.63. The molecule has 152 valence electrons.